The third kappa shape index (κ3) is 4.57. The Bertz CT molecular complexity index is 456. The van der Waals surface area contributed by atoms with Crippen LogP contribution in [-0.4, -0.2) is 66.8 Å². The number of likely N-dealkylation sites (tertiary alicyclic amines) is 1. The molecule has 2 N–H and O–H groups in total. The van der Waals surface area contributed by atoms with Crippen LogP contribution in [0.3, 0.4) is 0 Å². The highest BCUT2D eigenvalue weighted by Gasteiger charge is 2.46. The molecule has 0 aromatic carbocycles. The van der Waals surface area contributed by atoms with E-state index in [9.17, 15) is 22.8 Å². The zero-order chi connectivity index (χ0) is 17.3. The van der Waals surface area contributed by atoms with E-state index >= 15 is 0 Å². The van der Waals surface area contributed by atoms with Crippen LogP contribution >= 0.6 is 0 Å². The van der Waals surface area contributed by atoms with Gasteiger partial charge in [-0.1, -0.05) is 0 Å². The summed E-state index contributed by atoms with van der Waals surface area (Å²) in [6, 6.07) is 0.486. The zero-order valence-corrected chi connectivity index (χ0v) is 13.2. The number of ether oxygens (including phenoxy) is 1. The molecule has 2 amide bonds. The number of nitrogens with zero attached hydrogens (tertiary/aromatic N) is 1. The Morgan fingerprint density at radius 2 is 1.65 bits per heavy atom. The summed E-state index contributed by atoms with van der Waals surface area (Å²) in [5.41, 5.74) is -1.59. The quantitative estimate of drug-likeness (QED) is 0.780. The second-order valence-corrected chi connectivity index (χ2v) is 6.54. The van der Waals surface area contributed by atoms with Crippen molar-refractivity contribution in [1.82, 2.24) is 15.5 Å². The van der Waals surface area contributed by atoms with Gasteiger partial charge >= 0.3 is 12.1 Å². The smallest absolute Gasteiger partial charge is 0.381 e. The highest BCUT2D eigenvalue weighted by atomic mass is 19.4. The van der Waals surface area contributed by atoms with Gasteiger partial charge < -0.3 is 20.3 Å². The molecule has 0 bridgehead atoms. The first-order valence-electron chi connectivity index (χ1n) is 7.62. The van der Waals surface area contributed by atoms with Gasteiger partial charge in [-0.2, -0.15) is 13.2 Å². The topological polar surface area (TPSA) is 70.7 Å². The summed E-state index contributed by atoms with van der Waals surface area (Å²) >= 11 is 0. The lowest BCUT2D eigenvalue weighted by Gasteiger charge is -2.45. The van der Waals surface area contributed by atoms with E-state index in [0.717, 1.165) is 12.8 Å². The summed E-state index contributed by atoms with van der Waals surface area (Å²) in [5, 5.41) is 5.16. The third-order valence-electron chi connectivity index (χ3n) is 4.08. The van der Waals surface area contributed by atoms with Gasteiger partial charge in [0.05, 0.1) is 0 Å². The maximum Gasteiger partial charge on any atom is 0.471 e. The van der Waals surface area contributed by atoms with Gasteiger partial charge in [0, 0.05) is 38.4 Å². The number of carbonyl (C=O) groups excluding carboxylic acids is 2. The SMILES string of the molecule is CC(C)(NC(=O)C(F)(F)F)C(=O)N1CC(NC2CCOCC2)C1. The van der Waals surface area contributed by atoms with Crippen molar-refractivity contribution < 1.29 is 27.5 Å². The van der Waals surface area contributed by atoms with Gasteiger partial charge in [-0.05, 0) is 26.7 Å². The molecule has 0 spiro atoms. The van der Waals surface area contributed by atoms with Crippen LogP contribution in [0.2, 0.25) is 0 Å². The Hall–Kier alpha value is -1.35. The van der Waals surface area contributed by atoms with Gasteiger partial charge in [-0.25, -0.2) is 0 Å². The molecule has 23 heavy (non-hydrogen) atoms. The molecule has 0 radical (unpaired) electrons. The summed E-state index contributed by atoms with van der Waals surface area (Å²) in [7, 11) is 0. The van der Waals surface area contributed by atoms with Crippen molar-refractivity contribution in [2.75, 3.05) is 26.3 Å². The Morgan fingerprint density at radius 1 is 1.09 bits per heavy atom. The molecule has 6 nitrogen and oxygen atoms in total. The third-order valence-corrected chi connectivity index (χ3v) is 4.08. The van der Waals surface area contributed by atoms with Crippen LogP contribution in [0, 0.1) is 0 Å². The van der Waals surface area contributed by atoms with Gasteiger partial charge in [0.25, 0.3) is 0 Å². The van der Waals surface area contributed by atoms with Crippen LogP contribution in [0.15, 0.2) is 0 Å². The standard InChI is InChI=1S/C14H22F3N3O3/c1-13(2,19-11(21)14(15,16)17)12(22)20-7-10(8-20)18-9-3-5-23-6-4-9/h9-10,18H,3-8H2,1-2H3,(H,19,21). The van der Waals surface area contributed by atoms with Crippen molar-refractivity contribution in [3.05, 3.63) is 0 Å². The fourth-order valence-electron chi connectivity index (χ4n) is 2.75. The van der Waals surface area contributed by atoms with Crippen LogP contribution in [0.4, 0.5) is 13.2 Å². The zero-order valence-electron chi connectivity index (χ0n) is 13.2. The summed E-state index contributed by atoms with van der Waals surface area (Å²) in [6.07, 6.45) is -3.17. The lowest BCUT2D eigenvalue weighted by molar-refractivity contribution is -0.176. The summed E-state index contributed by atoms with van der Waals surface area (Å²) in [6.45, 7) is 4.84. The van der Waals surface area contributed by atoms with Gasteiger partial charge in [0.15, 0.2) is 0 Å². The molecule has 2 fully saturated rings. The normalized spacial score (nSPS) is 21.0. The van der Waals surface area contributed by atoms with E-state index in [4.69, 9.17) is 4.74 Å². The molecule has 0 aliphatic carbocycles. The average Bonchev–Trinajstić information content (AvgIpc) is 2.41. The molecule has 132 valence electrons. The average molecular weight is 337 g/mol. The largest absolute Gasteiger partial charge is 0.471 e. The lowest BCUT2D eigenvalue weighted by atomic mass is 9.97. The number of alkyl halides is 3. The number of hydrogen-bond donors (Lipinski definition) is 2. The fraction of sp³-hybridized carbons (Fsp3) is 0.857. The van der Waals surface area contributed by atoms with Gasteiger partial charge in [0.1, 0.15) is 5.54 Å². The molecule has 0 atom stereocenters. The Labute approximate surface area is 132 Å². The summed E-state index contributed by atoms with van der Waals surface area (Å²) < 4.78 is 42.2. The number of hydrogen-bond acceptors (Lipinski definition) is 4. The number of rotatable bonds is 4. The van der Waals surface area contributed by atoms with Gasteiger partial charge in [-0.3, -0.25) is 9.59 Å². The molecule has 2 rings (SSSR count). The first-order valence-corrected chi connectivity index (χ1v) is 7.62. The Balaban J connectivity index is 1.79. The van der Waals surface area contributed by atoms with E-state index < -0.39 is 23.5 Å². The molecule has 2 heterocycles. The number of carbonyl (C=O) groups is 2. The van der Waals surface area contributed by atoms with E-state index in [1.54, 1.807) is 5.32 Å². The van der Waals surface area contributed by atoms with E-state index in [0.29, 0.717) is 32.3 Å². The van der Waals surface area contributed by atoms with Crippen molar-refractivity contribution in [3.63, 3.8) is 0 Å². The van der Waals surface area contributed by atoms with Crippen molar-refractivity contribution in [1.29, 1.82) is 0 Å². The summed E-state index contributed by atoms with van der Waals surface area (Å²) in [4.78, 5) is 24.7. The van der Waals surface area contributed by atoms with Gasteiger partial charge in [0.2, 0.25) is 5.91 Å². The first-order chi connectivity index (χ1) is 10.6. The second kappa shape index (κ2) is 6.64. The second-order valence-electron chi connectivity index (χ2n) is 6.54. The molecular weight excluding hydrogens is 315 g/mol. The van der Waals surface area contributed by atoms with E-state index in [2.05, 4.69) is 5.32 Å². The van der Waals surface area contributed by atoms with E-state index in [-0.39, 0.29) is 6.04 Å². The van der Waals surface area contributed by atoms with Crippen molar-refractivity contribution in [3.8, 4) is 0 Å². The maximum atomic E-state index is 12.3. The van der Waals surface area contributed by atoms with E-state index in [1.165, 1.54) is 18.7 Å². The minimum Gasteiger partial charge on any atom is -0.381 e. The molecule has 2 aliphatic rings. The fourth-order valence-corrected chi connectivity index (χ4v) is 2.75. The highest BCUT2D eigenvalue weighted by molar-refractivity contribution is 5.92. The van der Waals surface area contributed by atoms with Crippen molar-refractivity contribution in [2.24, 2.45) is 0 Å². The van der Waals surface area contributed by atoms with Crippen molar-refractivity contribution >= 4 is 11.8 Å². The first kappa shape index (κ1) is 18.0. The molecule has 0 aromatic rings. The minimum atomic E-state index is -5.00. The molecule has 0 saturated carbocycles. The minimum absolute atomic E-state index is 0.135. The molecule has 0 unspecified atom stereocenters. The predicted molar refractivity (Wildman–Crippen MR) is 75.6 cm³/mol. The van der Waals surface area contributed by atoms with Gasteiger partial charge in [-0.15, -0.1) is 0 Å². The molecule has 2 saturated heterocycles. The lowest BCUT2D eigenvalue weighted by Crippen LogP contribution is -2.67. The van der Waals surface area contributed by atoms with Crippen LogP contribution in [-0.2, 0) is 14.3 Å². The molecule has 2 aliphatic heterocycles. The highest BCUT2D eigenvalue weighted by Crippen LogP contribution is 2.20. The maximum absolute atomic E-state index is 12.3. The monoisotopic (exact) mass is 337 g/mol. The van der Waals surface area contributed by atoms with E-state index in [1.807, 2.05) is 0 Å². The van der Waals surface area contributed by atoms with Crippen molar-refractivity contribution in [2.45, 2.75) is 50.5 Å². The molecule has 9 heteroatoms. The number of nitrogens with one attached hydrogen (secondary N) is 2. The summed E-state index contributed by atoms with van der Waals surface area (Å²) in [5.74, 6) is -2.62. The van der Waals surface area contributed by atoms with Crippen LogP contribution in [0.25, 0.3) is 0 Å². The molecular formula is C14H22F3N3O3. The van der Waals surface area contributed by atoms with Crippen LogP contribution < -0.4 is 10.6 Å². The molecule has 0 aromatic heterocycles. The number of halogens is 3. The Kier molecular flexibility index (Phi) is 5.20. The van der Waals surface area contributed by atoms with Crippen LogP contribution in [0.1, 0.15) is 26.7 Å². The van der Waals surface area contributed by atoms with Crippen LogP contribution in [0.5, 0.6) is 0 Å². The Morgan fingerprint density at radius 3 is 2.17 bits per heavy atom. The number of amides is 2. The predicted octanol–water partition coefficient (Wildman–Crippen LogP) is 0.423.